The van der Waals surface area contributed by atoms with Crippen LogP contribution in [0.1, 0.15) is 17.6 Å². The first kappa shape index (κ1) is 15.5. The standard InChI is InChI=1S/C15H14F2N4OS/c1-3-9-8-23-13(18-9)7-21-6-12(19-20-21)10-4-5-11(16)15(22-2)14(10)17/h4-6,8H,3,7H2,1-2H3. The fourth-order valence-corrected chi connectivity index (χ4v) is 3.01. The minimum atomic E-state index is -0.790. The fraction of sp³-hybridized carbons (Fsp3) is 0.267. The molecule has 0 aliphatic heterocycles. The van der Waals surface area contributed by atoms with E-state index in [0.29, 0.717) is 12.2 Å². The number of nitrogens with zero attached hydrogens (tertiary/aromatic N) is 4. The van der Waals surface area contributed by atoms with Crippen LogP contribution in [-0.4, -0.2) is 27.1 Å². The number of hydrogen-bond acceptors (Lipinski definition) is 5. The smallest absolute Gasteiger partial charge is 0.191 e. The number of methoxy groups -OCH3 is 1. The summed E-state index contributed by atoms with van der Waals surface area (Å²) in [7, 11) is 1.22. The SMILES string of the molecule is CCc1csc(Cn2cc(-c3ccc(F)c(OC)c3F)nn2)n1. The highest BCUT2D eigenvalue weighted by molar-refractivity contribution is 7.09. The van der Waals surface area contributed by atoms with Crippen molar-refractivity contribution in [2.24, 2.45) is 0 Å². The molecule has 2 heterocycles. The van der Waals surface area contributed by atoms with E-state index >= 15 is 0 Å². The topological polar surface area (TPSA) is 52.8 Å². The lowest BCUT2D eigenvalue weighted by Crippen LogP contribution is -2.00. The minimum Gasteiger partial charge on any atom is -0.491 e. The van der Waals surface area contributed by atoms with Crippen molar-refractivity contribution in [1.82, 2.24) is 20.0 Å². The van der Waals surface area contributed by atoms with Gasteiger partial charge in [-0.15, -0.1) is 16.4 Å². The first-order chi connectivity index (χ1) is 11.1. The molecule has 0 aliphatic carbocycles. The molecule has 8 heteroatoms. The molecule has 0 radical (unpaired) electrons. The van der Waals surface area contributed by atoms with E-state index in [-0.39, 0.29) is 5.56 Å². The highest BCUT2D eigenvalue weighted by atomic mass is 32.1. The van der Waals surface area contributed by atoms with E-state index in [2.05, 4.69) is 15.3 Å². The number of ether oxygens (including phenoxy) is 1. The Hall–Kier alpha value is -2.35. The molecule has 0 spiro atoms. The average Bonchev–Trinajstić information content (AvgIpc) is 3.18. The van der Waals surface area contributed by atoms with Crippen LogP contribution in [0, 0.1) is 11.6 Å². The molecule has 0 saturated heterocycles. The third-order valence-corrected chi connectivity index (χ3v) is 4.21. The lowest BCUT2D eigenvalue weighted by molar-refractivity contribution is 0.360. The van der Waals surface area contributed by atoms with Crippen molar-refractivity contribution in [3.8, 4) is 17.0 Å². The second-order valence-electron chi connectivity index (χ2n) is 4.83. The van der Waals surface area contributed by atoms with E-state index in [1.165, 1.54) is 13.2 Å². The van der Waals surface area contributed by atoms with Crippen LogP contribution in [0.4, 0.5) is 8.78 Å². The zero-order chi connectivity index (χ0) is 16.4. The second kappa shape index (κ2) is 6.41. The highest BCUT2D eigenvalue weighted by Crippen LogP contribution is 2.30. The molecule has 3 aromatic rings. The molecular formula is C15H14F2N4OS. The Kier molecular flexibility index (Phi) is 4.33. The van der Waals surface area contributed by atoms with Crippen molar-refractivity contribution >= 4 is 11.3 Å². The van der Waals surface area contributed by atoms with E-state index in [4.69, 9.17) is 4.74 Å². The van der Waals surface area contributed by atoms with E-state index in [1.807, 2.05) is 12.3 Å². The van der Waals surface area contributed by atoms with Gasteiger partial charge in [-0.05, 0) is 18.6 Å². The zero-order valence-corrected chi connectivity index (χ0v) is 13.4. The van der Waals surface area contributed by atoms with Gasteiger partial charge in [-0.25, -0.2) is 18.4 Å². The Morgan fingerprint density at radius 2 is 2.13 bits per heavy atom. The number of thiazole rings is 1. The highest BCUT2D eigenvalue weighted by Gasteiger charge is 2.17. The third kappa shape index (κ3) is 3.07. The predicted molar refractivity (Wildman–Crippen MR) is 82.5 cm³/mol. The van der Waals surface area contributed by atoms with Gasteiger partial charge in [-0.2, -0.15) is 0 Å². The summed E-state index contributed by atoms with van der Waals surface area (Å²) < 4.78 is 34.0. The molecule has 5 nitrogen and oxygen atoms in total. The normalized spacial score (nSPS) is 11.0. The maximum atomic E-state index is 14.3. The first-order valence-electron chi connectivity index (χ1n) is 6.98. The van der Waals surface area contributed by atoms with E-state index in [0.717, 1.165) is 23.2 Å². The number of halogens is 2. The molecule has 0 aliphatic rings. The molecule has 0 unspecified atom stereocenters. The van der Waals surface area contributed by atoms with Gasteiger partial charge in [0.05, 0.1) is 25.5 Å². The zero-order valence-electron chi connectivity index (χ0n) is 12.6. The molecule has 0 N–H and O–H groups in total. The molecule has 3 rings (SSSR count). The summed E-state index contributed by atoms with van der Waals surface area (Å²) in [6.45, 7) is 2.49. The predicted octanol–water partition coefficient (Wildman–Crippen LogP) is 3.30. The fourth-order valence-electron chi connectivity index (χ4n) is 2.14. The van der Waals surface area contributed by atoms with Gasteiger partial charge < -0.3 is 4.74 Å². The lowest BCUT2D eigenvalue weighted by Gasteiger charge is -2.06. The Morgan fingerprint density at radius 1 is 1.30 bits per heavy atom. The molecule has 0 atom stereocenters. The van der Waals surface area contributed by atoms with Gasteiger partial charge >= 0.3 is 0 Å². The molecular weight excluding hydrogens is 322 g/mol. The molecule has 1 aromatic carbocycles. The monoisotopic (exact) mass is 336 g/mol. The van der Waals surface area contributed by atoms with Crippen molar-refractivity contribution < 1.29 is 13.5 Å². The van der Waals surface area contributed by atoms with Gasteiger partial charge in [0.15, 0.2) is 17.4 Å². The van der Waals surface area contributed by atoms with Gasteiger partial charge in [0.25, 0.3) is 0 Å². The summed E-state index contributed by atoms with van der Waals surface area (Å²) in [5, 5.41) is 10.8. The van der Waals surface area contributed by atoms with Crippen LogP contribution in [0.5, 0.6) is 5.75 Å². The van der Waals surface area contributed by atoms with Gasteiger partial charge in [0, 0.05) is 10.9 Å². The number of hydrogen-bond donors (Lipinski definition) is 0. The Morgan fingerprint density at radius 3 is 2.83 bits per heavy atom. The largest absolute Gasteiger partial charge is 0.491 e. The van der Waals surface area contributed by atoms with Gasteiger partial charge in [0.2, 0.25) is 0 Å². The first-order valence-corrected chi connectivity index (χ1v) is 7.86. The van der Waals surface area contributed by atoms with Gasteiger partial charge in [0.1, 0.15) is 10.7 Å². The summed E-state index contributed by atoms with van der Waals surface area (Å²) in [6.07, 6.45) is 2.47. The molecule has 0 amide bonds. The minimum absolute atomic E-state index is 0.142. The van der Waals surface area contributed by atoms with Crippen LogP contribution in [0.3, 0.4) is 0 Å². The lowest BCUT2D eigenvalue weighted by atomic mass is 10.1. The van der Waals surface area contributed by atoms with Crippen LogP contribution in [-0.2, 0) is 13.0 Å². The molecule has 23 heavy (non-hydrogen) atoms. The summed E-state index contributed by atoms with van der Waals surface area (Å²) in [5.41, 5.74) is 1.48. The molecule has 0 fully saturated rings. The van der Waals surface area contributed by atoms with Crippen molar-refractivity contribution in [3.05, 3.63) is 46.0 Å². The van der Waals surface area contributed by atoms with Crippen LogP contribution in [0.2, 0.25) is 0 Å². The quantitative estimate of drug-likeness (QED) is 0.717. The second-order valence-corrected chi connectivity index (χ2v) is 5.77. The Balaban J connectivity index is 1.87. The maximum absolute atomic E-state index is 14.3. The summed E-state index contributed by atoms with van der Waals surface area (Å²) in [5.74, 6) is -1.97. The van der Waals surface area contributed by atoms with Gasteiger partial charge in [-0.1, -0.05) is 12.1 Å². The summed E-state index contributed by atoms with van der Waals surface area (Å²) in [4.78, 5) is 4.45. The molecule has 0 bridgehead atoms. The molecule has 120 valence electrons. The van der Waals surface area contributed by atoms with Crippen molar-refractivity contribution in [1.29, 1.82) is 0 Å². The Labute approximate surface area is 135 Å². The van der Waals surface area contributed by atoms with Crippen LogP contribution >= 0.6 is 11.3 Å². The third-order valence-electron chi connectivity index (χ3n) is 3.33. The Bertz CT molecular complexity index is 831. The van der Waals surface area contributed by atoms with Crippen molar-refractivity contribution in [2.75, 3.05) is 7.11 Å². The number of rotatable bonds is 5. The van der Waals surface area contributed by atoms with Crippen LogP contribution < -0.4 is 4.74 Å². The van der Waals surface area contributed by atoms with E-state index in [9.17, 15) is 8.78 Å². The van der Waals surface area contributed by atoms with Crippen LogP contribution in [0.25, 0.3) is 11.3 Å². The average molecular weight is 336 g/mol. The van der Waals surface area contributed by atoms with Crippen LogP contribution in [0.15, 0.2) is 23.7 Å². The molecule has 2 aromatic heterocycles. The number of aryl methyl sites for hydroxylation is 1. The van der Waals surface area contributed by atoms with E-state index in [1.54, 1.807) is 22.2 Å². The van der Waals surface area contributed by atoms with Crippen molar-refractivity contribution in [2.45, 2.75) is 19.9 Å². The van der Waals surface area contributed by atoms with Gasteiger partial charge in [-0.3, -0.25) is 0 Å². The summed E-state index contributed by atoms with van der Waals surface area (Å²) in [6, 6.07) is 2.46. The van der Waals surface area contributed by atoms with E-state index < -0.39 is 17.4 Å². The van der Waals surface area contributed by atoms with Crippen molar-refractivity contribution in [3.63, 3.8) is 0 Å². The number of benzene rings is 1. The molecule has 0 saturated carbocycles. The summed E-state index contributed by atoms with van der Waals surface area (Å²) >= 11 is 1.54. The number of aromatic nitrogens is 4. The maximum Gasteiger partial charge on any atom is 0.191 e.